The number of hydrogen-bond acceptors (Lipinski definition) is 2. The maximum absolute atomic E-state index is 12.9. The number of nitrogens with one attached hydrogen (secondary N) is 1. The molecule has 0 aliphatic heterocycles. The highest BCUT2D eigenvalue weighted by atomic mass is 32.2. The number of rotatable bonds is 7. The molecule has 0 atom stereocenters. The van der Waals surface area contributed by atoms with E-state index in [1.54, 1.807) is 0 Å². The third kappa shape index (κ3) is 4.46. The van der Waals surface area contributed by atoms with Gasteiger partial charge >= 0.3 is 0 Å². The number of hydrogen-bond donors (Lipinski definition) is 1. The van der Waals surface area contributed by atoms with Crippen molar-refractivity contribution in [3.63, 3.8) is 0 Å². The Hall–Kier alpha value is -1.74. The van der Waals surface area contributed by atoms with Crippen LogP contribution >= 0.6 is 11.8 Å². The second-order valence-electron chi connectivity index (χ2n) is 6.95. The van der Waals surface area contributed by atoms with E-state index in [4.69, 9.17) is 0 Å². The van der Waals surface area contributed by atoms with Gasteiger partial charge in [-0.15, -0.1) is 0 Å². The summed E-state index contributed by atoms with van der Waals surface area (Å²) in [6.07, 6.45) is 4.23. The van der Waals surface area contributed by atoms with Gasteiger partial charge in [0.2, 0.25) is 5.91 Å². The molecule has 1 saturated carbocycles. The molecule has 0 heterocycles. The Morgan fingerprint density at radius 2 is 1.84 bits per heavy atom. The van der Waals surface area contributed by atoms with E-state index in [0.29, 0.717) is 0 Å². The van der Waals surface area contributed by atoms with Crippen molar-refractivity contribution in [3.05, 3.63) is 71.3 Å². The van der Waals surface area contributed by atoms with E-state index < -0.39 is 0 Å². The van der Waals surface area contributed by atoms with Crippen molar-refractivity contribution < 1.29 is 4.79 Å². The standard InChI is InChI=1S/C22H27NOS/c1-18-8-7-9-19(16-18)17-25-15-14-23-21(24)22(12-5-6-13-22)20-10-3-2-4-11-20/h2-4,7-11,16H,5-6,12-15,17H2,1H3,(H,23,24). The third-order valence-electron chi connectivity index (χ3n) is 5.10. The van der Waals surface area contributed by atoms with Gasteiger partial charge in [-0.25, -0.2) is 0 Å². The second-order valence-corrected chi connectivity index (χ2v) is 8.06. The predicted octanol–water partition coefficient (Wildman–Crippen LogP) is 4.86. The summed E-state index contributed by atoms with van der Waals surface area (Å²) in [5, 5.41) is 3.20. The van der Waals surface area contributed by atoms with Gasteiger partial charge in [0.05, 0.1) is 5.41 Å². The van der Waals surface area contributed by atoms with Crippen LogP contribution in [0.4, 0.5) is 0 Å². The van der Waals surface area contributed by atoms with Gasteiger partial charge in [-0.3, -0.25) is 4.79 Å². The van der Waals surface area contributed by atoms with Crippen molar-refractivity contribution in [2.24, 2.45) is 0 Å². The van der Waals surface area contributed by atoms with Crippen LogP contribution in [0.15, 0.2) is 54.6 Å². The summed E-state index contributed by atoms with van der Waals surface area (Å²) in [7, 11) is 0. The van der Waals surface area contributed by atoms with E-state index >= 15 is 0 Å². The molecule has 0 saturated heterocycles. The van der Waals surface area contributed by atoms with Gasteiger partial charge in [-0.1, -0.05) is 73.0 Å². The molecule has 2 aromatic carbocycles. The minimum atomic E-state index is -0.303. The smallest absolute Gasteiger partial charge is 0.230 e. The van der Waals surface area contributed by atoms with Gasteiger partial charge in [-0.2, -0.15) is 11.8 Å². The Morgan fingerprint density at radius 3 is 2.56 bits per heavy atom. The number of thioether (sulfide) groups is 1. The van der Waals surface area contributed by atoms with Gasteiger partial charge in [0, 0.05) is 18.1 Å². The van der Waals surface area contributed by atoms with Crippen LogP contribution in [0, 0.1) is 6.92 Å². The summed E-state index contributed by atoms with van der Waals surface area (Å²) in [6.45, 7) is 2.86. The van der Waals surface area contributed by atoms with E-state index in [2.05, 4.69) is 48.6 Å². The number of benzene rings is 2. The van der Waals surface area contributed by atoms with Crippen LogP contribution in [0.1, 0.15) is 42.4 Å². The quantitative estimate of drug-likeness (QED) is 0.721. The minimum absolute atomic E-state index is 0.215. The zero-order valence-electron chi connectivity index (χ0n) is 15.0. The van der Waals surface area contributed by atoms with Crippen LogP contribution in [0.3, 0.4) is 0 Å². The lowest BCUT2D eigenvalue weighted by Crippen LogP contribution is -2.43. The Bertz CT molecular complexity index is 692. The molecule has 2 aromatic rings. The van der Waals surface area contributed by atoms with Crippen LogP contribution < -0.4 is 5.32 Å². The molecule has 1 aliphatic carbocycles. The van der Waals surface area contributed by atoms with Gasteiger partial charge < -0.3 is 5.32 Å². The Labute approximate surface area is 155 Å². The molecule has 1 fully saturated rings. The zero-order chi connectivity index (χ0) is 17.5. The molecule has 1 N–H and O–H groups in total. The third-order valence-corrected chi connectivity index (χ3v) is 6.13. The average Bonchev–Trinajstić information content (AvgIpc) is 3.13. The van der Waals surface area contributed by atoms with E-state index in [1.807, 2.05) is 30.0 Å². The minimum Gasteiger partial charge on any atom is -0.355 e. The first-order valence-corrected chi connectivity index (χ1v) is 10.3. The van der Waals surface area contributed by atoms with Crippen molar-refractivity contribution in [3.8, 4) is 0 Å². The van der Waals surface area contributed by atoms with E-state index in [9.17, 15) is 4.79 Å². The molecule has 0 unspecified atom stereocenters. The lowest BCUT2D eigenvalue weighted by atomic mass is 9.78. The lowest BCUT2D eigenvalue weighted by molar-refractivity contribution is -0.126. The summed E-state index contributed by atoms with van der Waals surface area (Å²) in [6, 6.07) is 19.0. The fourth-order valence-electron chi connectivity index (χ4n) is 3.78. The average molecular weight is 354 g/mol. The number of amides is 1. The van der Waals surface area contributed by atoms with E-state index in [0.717, 1.165) is 43.7 Å². The number of aryl methyl sites for hydroxylation is 1. The maximum Gasteiger partial charge on any atom is 0.230 e. The molecule has 132 valence electrons. The molecule has 0 radical (unpaired) electrons. The fourth-order valence-corrected chi connectivity index (χ4v) is 4.59. The normalized spacial score (nSPS) is 15.9. The monoisotopic (exact) mass is 353 g/mol. The summed E-state index contributed by atoms with van der Waals surface area (Å²) in [5.74, 6) is 2.17. The maximum atomic E-state index is 12.9. The molecule has 1 amide bonds. The van der Waals surface area contributed by atoms with Crippen molar-refractivity contribution in [2.75, 3.05) is 12.3 Å². The molecule has 0 bridgehead atoms. The highest BCUT2D eigenvalue weighted by Crippen LogP contribution is 2.41. The summed E-state index contributed by atoms with van der Waals surface area (Å²) >= 11 is 1.88. The Morgan fingerprint density at radius 1 is 1.08 bits per heavy atom. The van der Waals surface area contributed by atoms with Gasteiger partial charge in [-0.05, 0) is 30.9 Å². The zero-order valence-corrected chi connectivity index (χ0v) is 15.8. The Kier molecular flexibility index (Phi) is 6.19. The van der Waals surface area contributed by atoms with Crippen LogP contribution in [0.5, 0.6) is 0 Å². The number of carbonyl (C=O) groups is 1. The lowest BCUT2D eigenvalue weighted by Gasteiger charge is -2.28. The van der Waals surface area contributed by atoms with Gasteiger partial charge in [0.25, 0.3) is 0 Å². The van der Waals surface area contributed by atoms with Crippen molar-refractivity contribution >= 4 is 17.7 Å². The molecule has 3 rings (SSSR count). The van der Waals surface area contributed by atoms with Gasteiger partial charge in [0.15, 0.2) is 0 Å². The van der Waals surface area contributed by atoms with Crippen LogP contribution in [-0.4, -0.2) is 18.2 Å². The van der Waals surface area contributed by atoms with Crippen molar-refractivity contribution in [1.82, 2.24) is 5.32 Å². The SMILES string of the molecule is Cc1cccc(CSCCNC(=O)C2(c3ccccc3)CCCC2)c1. The first-order valence-electron chi connectivity index (χ1n) is 9.18. The molecule has 0 spiro atoms. The molecule has 3 heteroatoms. The van der Waals surface area contributed by atoms with E-state index in [1.165, 1.54) is 16.7 Å². The molecular weight excluding hydrogens is 326 g/mol. The second kappa shape index (κ2) is 8.57. The molecule has 0 aromatic heterocycles. The molecule has 25 heavy (non-hydrogen) atoms. The first kappa shape index (κ1) is 18.1. The van der Waals surface area contributed by atoms with Crippen LogP contribution in [0.2, 0.25) is 0 Å². The van der Waals surface area contributed by atoms with Gasteiger partial charge in [0.1, 0.15) is 0 Å². The van der Waals surface area contributed by atoms with Crippen LogP contribution in [-0.2, 0) is 16.0 Å². The molecular formula is C22H27NOS. The summed E-state index contributed by atoms with van der Waals surface area (Å²) < 4.78 is 0. The topological polar surface area (TPSA) is 29.1 Å². The Balaban J connectivity index is 1.49. The van der Waals surface area contributed by atoms with Crippen molar-refractivity contribution in [2.45, 2.75) is 43.8 Å². The molecule has 2 nitrogen and oxygen atoms in total. The van der Waals surface area contributed by atoms with E-state index in [-0.39, 0.29) is 11.3 Å². The molecule has 1 aliphatic rings. The first-order chi connectivity index (χ1) is 12.2. The summed E-state index contributed by atoms with van der Waals surface area (Å²) in [4.78, 5) is 12.9. The fraction of sp³-hybridized carbons (Fsp3) is 0.409. The van der Waals surface area contributed by atoms with Crippen molar-refractivity contribution in [1.29, 1.82) is 0 Å². The van der Waals surface area contributed by atoms with Crippen LogP contribution in [0.25, 0.3) is 0 Å². The highest BCUT2D eigenvalue weighted by Gasteiger charge is 2.42. The predicted molar refractivity (Wildman–Crippen MR) is 107 cm³/mol. The number of carbonyl (C=O) groups excluding carboxylic acids is 1. The summed E-state index contributed by atoms with van der Waals surface area (Å²) in [5.41, 5.74) is 3.53. The highest BCUT2D eigenvalue weighted by molar-refractivity contribution is 7.98. The largest absolute Gasteiger partial charge is 0.355 e.